The molecule has 0 amide bonds. The zero-order valence-electron chi connectivity index (χ0n) is 20.1. The maximum Gasteiger partial charge on any atom is 0.338 e. The summed E-state index contributed by atoms with van der Waals surface area (Å²) in [6.07, 6.45) is -1.97. The molecule has 0 aliphatic carbocycles. The number of ether oxygens (including phenoxy) is 2. The van der Waals surface area contributed by atoms with Crippen molar-refractivity contribution in [3.63, 3.8) is 0 Å². The van der Waals surface area contributed by atoms with Crippen molar-refractivity contribution in [2.75, 3.05) is 13.2 Å². The monoisotopic (exact) mass is 452 g/mol. The highest BCUT2D eigenvalue weighted by molar-refractivity contribution is 6.74. The molecular weight excluding hydrogens is 412 g/mol. The summed E-state index contributed by atoms with van der Waals surface area (Å²) < 4.78 is 17.5. The van der Waals surface area contributed by atoms with Crippen molar-refractivity contribution in [3.05, 3.63) is 35.9 Å². The van der Waals surface area contributed by atoms with E-state index in [9.17, 15) is 15.0 Å². The summed E-state index contributed by atoms with van der Waals surface area (Å²) in [5.74, 6) is -1.34. The normalized spacial score (nSPS) is 26.9. The van der Waals surface area contributed by atoms with Crippen molar-refractivity contribution in [1.82, 2.24) is 0 Å². The number of aliphatic hydroxyl groups is 2. The Morgan fingerprint density at radius 1 is 1.19 bits per heavy atom. The maximum absolute atomic E-state index is 12.4. The number of carbonyl (C=O) groups excluding carboxylic acids is 1. The topological polar surface area (TPSA) is 85.2 Å². The molecule has 0 aromatic heterocycles. The third kappa shape index (κ3) is 6.39. The highest BCUT2D eigenvalue weighted by Crippen LogP contribution is 2.39. The Morgan fingerprint density at radius 2 is 1.81 bits per heavy atom. The first-order valence-electron chi connectivity index (χ1n) is 11.1. The highest BCUT2D eigenvalue weighted by atomic mass is 28.4. The van der Waals surface area contributed by atoms with Crippen LogP contribution in [-0.2, 0) is 25.3 Å². The van der Waals surface area contributed by atoms with Crippen LogP contribution in [0.2, 0.25) is 18.1 Å². The smallest absolute Gasteiger partial charge is 0.338 e. The summed E-state index contributed by atoms with van der Waals surface area (Å²) >= 11 is 0. The van der Waals surface area contributed by atoms with Gasteiger partial charge in [-0.2, -0.15) is 0 Å². The van der Waals surface area contributed by atoms with Crippen molar-refractivity contribution in [2.24, 2.45) is 11.8 Å². The van der Waals surface area contributed by atoms with Crippen LogP contribution >= 0.6 is 0 Å². The van der Waals surface area contributed by atoms with E-state index >= 15 is 0 Å². The average molecular weight is 453 g/mol. The molecule has 0 radical (unpaired) electrons. The molecule has 0 bridgehead atoms. The van der Waals surface area contributed by atoms with Crippen molar-refractivity contribution in [2.45, 2.75) is 83.6 Å². The van der Waals surface area contributed by atoms with Gasteiger partial charge >= 0.3 is 5.97 Å². The summed E-state index contributed by atoms with van der Waals surface area (Å²) in [6, 6.07) is 9.75. The molecule has 1 aliphatic heterocycles. The van der Waals surface area contributed by atoms with Crippen LogP contribution in [0.4, 0.5) is 0 Å². The lowest BCUT2D eigenvalue weighted by Crippen LogP contribution is -2.60. The van der Waals surface area contributed by atoms with Crippen LogP contribution < -0.4 is 0 Å². The van der Waals surface area contributed by atoms with Crippen LogP contribution in [0.15, 0.2) is 30.3 Å². The molecule has 1 unspecified atom stereocenters. The van der Waals surface area contributed by atoms with E-state index in [2.05, 4.69) is 33.9 Å². The summed E-state index contributed by atoms with van der Waals surface area (Å²) in [4.78, 5) is 12.4. The number of hydrogen-bond acceptors (Lipinski definition) is 6. The van der Waals surface area contributed by atoms with Crippen LogP contribution in [-0.4, -0.2) is 55.5 Å². The SMILES string of the molecule is C[C@H](CO[Si](C)(C)C(C)(C)C)C1C[C@](O)([C@H](C)COCc2ccccc2)[C@@H](O)C(=O)O1. The maximum atomic E-state index is 12.4. The van der Waals surface area contributed by atoms with Gasteiger partial charge in [0.25, 0.3) is 0 Å². The van der Waals surface area contributed by atoms with E-state index in [1.165, 1.54) is 0 Å². The number of cyclic esters (lactones) is 1. The first-order chi connectivity index (χ1) is 14.3. The van der Waals surface area contributed by atoms with Gasteiger partial charge in [0.2, 0.25) is 0 Å². The molecule has 1 aromatic carbocycles. The summed E-state index contributed by atoms with van der Waals surface area (Å²) in [5, 5.41) is 21.8. The Labute approximate surface area is 188 Å². The number of aliphatic hydroxyl groups excluding tert-OH is 1. The minimum Gasteiger partial charge on any atom is -0.460 e. The van der Waals surface area contributed by atoms with Crippen LogP contribution in [0.25, 0.3) is 0 Å². The predicted octanol–water partition coefficient (Wildman–Crippen LogP) is 3.90. The Bertz CT molecular complexity index is 717. The number of hydrogen-bond donors (Lipinski definition) is 2. The third-order valence-electron chi connectivity index (χ3n) is 6.97. The molecule has 6 nitrogen and oxygen atoms in total. The fraction of sp³-hybridized carbons (Fsp3) is 0.708. The first-order valence-corrected chi connectivity index (χ1v) is 14.1. The zero-order valence-corrected chi connectivity index (χ0v) is 21.1. The summed E-state index contributed by atoms with van der Waals surface area (Å²) in [6.45, 7) is 15.7. The van der Waals surface area contributed by atoms with Crippen molar-refractivity contribution in [1.29, 1.82) is 0 Å². The van der Waals surface area contributed by atoms with Crippen LogP contribution in [0.5, 0.6) is 0 Å². The molecule has 1 aromatic rings. The van der Waals surface area contributed by atoms with E-state index in [-0.39, 0.29) is 24.0 Å². The van der Waals surface area contributed by atoms with E-state index in [1.54, 1.807) is 6.92 Å². The van der Waals surface area contributed by atoms with Crippen LogP contribution in [0.1, 0.15) is 46.6 Å². The zero-order chi connectivity index (χ0) is 23.4. The predicted molar refractivity (Wildman–Crippen MR) is 123 cm³/mol. The number of benzene rings is 1. The van der Waals surface area contributed by atoms with Gasteiger partial charge in [-0.15, -0.1) is 0 Å². The molecule has 31 heavy (non-hydrogen) atoms. The Hall–Kier alpha value is -1.25. The van der Waals surface area contributed by atoms with Gasteiger partial charge in [0, 0.05) is 24.9 Å². The number of rotatable bonds is 9. The Kier molecular flexibility index (Phi) is 8.50. The fourth-order valence-electron chi connectivity index (χ4n) is 3.42. The molecule has 176 valence electrons. The van der Waals surface area contributed by atoms with Gasteiger partial charge in [-0.1, -0.05) is 65.0 Å². The minimum atomic E-state index is -1.94. The lowest BCUT2D eigenvalue weighted by atomic mass is 9.76. The molecule has 2 rings (SSSR count). The van der Waals surface area contributed by atoms with Gasteiger partial charge in [0.1, 0.15) is 11.7 Å². The minimum absolute atomic E-state index is 0.0809. The Balaban J connectivity index is 1.99. The standard InChI is InChI=1S/C24H40O6Si/c1-17(14-29-31(6,7)23(3,4)5)20-13-24(27,21(25)22(26)30-20)18(2)15-28-16-19-11-9-8-10-12-19/h8-12,17-18,20-21,25,27H,13-16H2,1-7H3/t17-,18-,20?,21+,24+/m1/s1. The fourth-order valence-corrected chi connectivity index (χ4v) is 4.53. The largest absolute Gasteiger partial charge is 0.460 e. The van der Waals surface area contributed by atoms with Gasteiger partial charge in [0.15, 0.2) is 14.4 Å². The van der Waals surface area contributed by atoms with Crippen molar-refractivity contribution in [3.8, 4) is 0 Å². The quantitative estimate of drug-likeness (QED) is 0.437. The van der Waals surface area contributed by atoms with E-state index in [4.69, 9.17) is 13.9 Å². The molecular formula is C24H40O6Si. The molecule has 1 heterocycles. The number of carbonyl (C=O) groups is 1. The summed E-state index contributed by atoms with van der Waals surface area (Å²) in [7, 11) is -1.94. The third-order valence-corrected chi connectivity index (χ3v) is 11.5. The van der Waals surface area contributed by atoms with E-state index < -0.39 is 38.0 Å². The lowest BCUT2D eigenvalue weighted by Gasteiger charge is -2.45. The summed E-state index contributed by atoms with van der Waals surface area (Å²) in [5.41, 5.74) is -0.582. The van der Waals surface area contributed by atoms with Gasteiger partial charge in [-0.25, -0.2) is 4.79 Å². The average Bonchev–Trinajstić information content (AvgIpc) is 2.69. The van der Waals surface area contributed by atoms with Gasteiger partial charge in [0.05, 0.1) is 13.2 Å². The van der Waals surface area contributed by atoms with Crippen LogP contribution in [0.3, 0.4) is 0 Å². The Morgan fingerprint density at radius 3 is 2.39 bits per heavy atom. The second-order valence-electron chi connectivity index (χ2n) is 10.5. The molecule has 0 saturated carbocycles. The van der Waals surface area contributed by atoms with Gasteiger partial charge < -0.3 is 24.1 Å². The second kappa shape index (κ2) is 10.1. The highest BCUT2D eigenvalue weighted by Gasteiger charge is 2.53. The van der Waals surface area contributed by atoms with E-state index in [1.807, 2.05) is 37.3 Å². The van der Waals surface area contributed by atoms with E-state index in [0.29, 0.717) is 13.2 Å². The van der Waals surface area contributed by atoms with Crippen molar-refractivity contribution < 1.29 is 28.9 Å². The second-order valence-corrected chi connectivity index (χ2v) is 15.3. The first kappa shape index (κ1) is 26.0. The van der Waals surface area contributed by atoms with Crippen molar-refractivity contribution >= 4 is 14.3 Å². The van der Waals surface area contributed by atoms with Crippen LogP contribution in [0, 0.1) is 11.8 Å². The van der Waals surface area contributed by atoms with Gasteiger partial charge in [-0.3, -0.25) is 0 Å². The van der Waals surface area contributed by atoms with Gasteiger partial charge in [-0.05, 0) is 23.7 Å². The molecule has 5 atom stereocenters. The molecule has 1 saturated heterocycles. The number of esters is 1. The molecule has 1 fully saturated rings. The molecule has 0 spiro atoms. The molecule has 7 heteroatoms. The van der Waals surface area contributed by atoms with E-state index in [0.717, 1.165) is 5.56 Å². The molecule has 2 N–H and O–H groups in total. The molecule has 1 aliphatic rings. The lowest BCUT2D eigenvalue weighted by molar-refractivity contribution is -0.217.